The van der Waals surface area contributed by atoms with E-state index in [-0.39, 0.29) is 11.4 Å². The van der Waals surface area contributed by atoms with Crippen molar-refractivity contribution in [1.29, 1.82) is 0 Å². The third-order valence-corrected chi connectivity index (χ3v) is 5.82. The Balaban J connectivity index is 1.86. The number of carbonyl (C=O) groups excluding carboxylic acids is 1. The maximum absolute atomic E-state index is 12.7. The van der Waals surface area contributed by atoms with Gasteiger partial charge < -0.3 is 5.73 Å². The third kappa shape index (κ3) is 3.13. The summed E-state index contributed by atoms with van der Waals surface area (Å²) in [4.78, 5) is 11.5. The quantitative estimate of drug-likeness (QED) is 0.892. The molecule has 2 N–H and O–H groups in total. The van der Waals surface area contributed by atoms with Crippen molar-refractivity contribution in [1.82, 2.24) is 14.1 Å². The minimum absolute atomic E-state index is 0.117. The summed E-state index contributed by atoms with van der Waals surface area (Å²) in [5, 5.41) is 4.12. The number of sulfonamides is 1. The van der Waals surface area contributed by atoms with Gasteiger partial charge in [-0.05, 0) is 25.0 Å². The van der Waals surface area contributed by atoms with Crippen molar-refractivity contribution in [3.05, 3.63) is 42.7 Å². The van der Waals surface area contributed by atoms with Gasteiger partial charge in [-0.1, -0.05) is 18.2 Å². The number of nitrogens with two attached hydrogens (primary N) is 1. The van der Waals surface area contributed by atoms with Crippen LogP contribution in [0.4, 0.5) is 0 Å². The highest BCUT2D eigenvalue weighted by molar-refractivity contribution is 7.89. The molecule has 3 rings (SSSR count). The van der Waals surface area contributed by atoms with E-state index in [0.29, 0.717) is 19.4 Å². The first-order valence-corrected chi connectivity index (χ1v) is 8.82. The van der Waals surface area contributed by atoms with Gasteiger partial charge in [0.2, 0.25) is 15.9 Å². The standard InChI is InChI=1S/C15H18N4O3S/c16-15(20)12-5-4-8-18(10-12)23(21,22)14-9-17-19(11-14)13-6-2-1-3-7-13/h1-3,6-7,9,11-12H,4-5,8,10H2,(H2,16,20)/t12-/m1/s1. The molecule has 0 bridgehead atoms. The molecule has 0 saturated carbocycles. The topological polar surface area (TPSA) is 98.3 Å². The maximum atomic E-state index is 12.7. The number of rotatable bonds is 4. The first kappa shape index (κ1) is 15.7. The summed E-state index contributed by atoms with van der Waals surface area (Å²) in [6, 6.07) is 9.27. The fourth-order valence-corrected chi connectivity index (χ4v) is 4.16. The van der Waals surface area contributed by atoms with Crippen molar-refractivity contribution in [2.45, 2.75) is 17.7 Å². The molecule has 1 aromatic carbocycles. The number of primary amides is 1. The molecule has 1 aliphatic rings. The average Bonchev–Trinajstić information content (AvgIpc) is 3.06. The fourth-order valence-electron chi connectivity index (χ4n) is 2.70. The Kier molecular flexibility index (Phi) is 4.18. The van der Waals surface area contributed by atoms with Crippen LogP contribution in [0, 0.1) is 5.92 Å². The first-order valence-electron chi connectivity index (χ1n) is 7.38. The summed E-state index contributed by atoms with van der Waals surface area (Å²) in [5.74, 6) is -0.882. The Bertz CT molecular complexity index is 801. The number of hydrogen-bond donors (Lipinski definition) is 1. The molecule has 1 aromatic heterocycles. The number of aromatic nitrogens is 2. The highest BCUT2D eigenvalue weighted by atomic mass is 32.2. The van der Waals surface area contributed by atoms with Crippen LogP contribution in [-0.4, -0.2) is 41.5 Å². The molecule has 122 valence electrons. The van der Waals surface area contributed by atoms with E-state index in [9.17, 15) is 13.2 Å². The van der Waals surface area contributed by atoms with Crippen LogP contribution >= 0.6 is 0 Å². The minimum Gasteiger partial charge on any atom is -0.369 e. The molecule has 1 fully saturated rings. The zero-order valence-corrected chi connectivity index (χ0v) is 13.3. The maximum Gasteiger partial charge on any atom is 0.246 e. The van der Waals surface area contributed by atoms with E-state index in [1.54, 1.807) is 0 Å². The number of nitrogens with zero attached hydrogens (tertiary/aromatic N) is 3. The molecule has 7 nitrogen and oxygen atoms in total. The second-order valence-corrected chi connectivity index (χ2v) is 7.50. The Labute approximate surface area is 134 Å². The number of para-hydroxylation sites is 1. The molecule has 0 spiro atoms. The van der Waals surface area contributed by atoms with Crippen LogP contribution in [0.15, 0.2) is 47.6 Å². The lowest BCUT2D eigenvalue weighted by Crippen LogP contribution is -2.43. The van der Waals surface area contributed by atoms with E-state index in [1.165, 1.54) is 21.4 Å². The third-order valence-electron chi connectivity index (χ3n) is 4.00. The van der Waals surface area contributed by atoms with Gasteiger partial charge in [0.05, 0.1) is 24.0 Å². The van der Waals surface area contributed by atoms with Gasteiger partial charge in [0.25, 0.3) is 0 Å². The van der Waals surface area contributed by atoms with Gasteiger partial charge in [0.1, 0.15) is 4.90 Å². The number of hydrogen-bond acceptors (Lipinski definition) is 4. The normalized spacial score (nSPS) is 19.6. The number of carbonyl (C=O) groups is 1. The van der Waals surface area contributed by atoms with Gasteiger partial charge in [-0.3, -0.25) is 4.79 Å². The summed E-state index contributed by atoms with van der Waals surface area (Å²) in [7, 11) is -3.67. The van der Waals surface area contributed by atoms with Crippen LogP contribution < -0.4 is 5.73 Å². The zero-order chi connectivity index (χ0) is 16.4. The van der Waals surface area contributed by atoms with E-state index in [0.717, 1.165) is 5.69 Å². The van der Waals surface area contributed by atoms with Crippen molar-refractivity contribution in [2.75, 3.05) is 13.1 Å². The smallest absolute Gasteiger partial charge is 0.246 e. The van der Waals surface area contributed by atoms with E-state index < -0.39 is 21.8 Å². The molecule has 0 aliphatic carbocycles. The lowest BCUT2D eigenvalue weighted by Gasteiger charge is -2.29. The molecule has 0 unspecified atom stereocenters. The molecule has 2 aromatic rings. The minimum atomic E-state index is -3.67. The molecule has 0 radical (unpaired) electrons. The molecule has 1 amide bonds. The Hall–Kier alpha value is -2.19. The fraction of sp³-hybridized carbons (Fsp3) is 0.333. The molecule has 1 atom stereocenters. The van der Waals surface area contributed by atoms with Crippen molar-refractivity contribution in [3.63, 3.8) is 0 Å². The van der Waals surface area contributed by atoms with E-state index in [4.69, 9.17) is 5.73 Å². The SMILES string of the molecule is NC(=O)[C@@H]1CCCN(S(=O)(=O)c2cnn(-c3ccccc3)c2)C1. The van der Waals surface area contributed by atoms with Crippen LogP contribution in [0.5, 0.6) is 0 Å². The summed E-state index contributed by atoms with van der Waals surface area (Å²) in [5.41, 5.74) is 6.09. The van der Waals surface area contributed by atoms with Crippen LogP contribution in [0.25, 0.3) is 5.69 Å². The highest BCUT2D eigenvalue weighted by Crippen LogP contribution is 2.23. The monoisotopic (exact) mass is 334 g/mol. The van der Waals surface area contributed by atoms with Gasteiger partial charge in [0.15, 0.2) is 0 Å². The molecule has 2 heterocycles. The number of amides is 1. The summed E-state index contributed by atoms with van der Waals surface area (Å²) >= 11 is 0. The van der Waals surface area contributed by atoms with Crippen molar-refractivity contribution in [3.8, 4) is 5.69 Å². The lowest BCUT2D eigenvalue weighted by atomic mass is 9.99. The van der Waals surface area contributed by atoms with Crippen LogP contribution in [0.3, 0.4) is 0 Å². The second-order valence-electron chi connectivity index (χ2n) is 5.56. The summed E-state index contributed by atoms with van der Waals surface area (Å²) in [6.45, 7) is 0.525. The molecular formula is C15H18N4O3S. The highest BCUT2D eigenvalue weighted by Gasteiger charge is 2.33. The molecule has 1 aliphatic heterocycles. The zero-order valence-electron chi connectivity index (χ0n) is 12.5. The average molecular weight is 334 g/mol. The van der Waals surface area contributed by atoms with E-state index >= 15 is 0 Å². The van der Waals surface area contributed by atoms with Gasteiger partial charge in [-0.2, -0.15) is 9.40 Å². The predicted molar refractivity (Wildman–Crippen MR) is 84.2 cm³/mol. The Morgan fingerprint density at radius 2 is 2.00 bits per heavy atom. The van der Waals surface area contributed by atoms with Gasteiger partial charge in [-0.15, -0.1) is 0 Å². The molecule has 8 heteroatoms. The molecule has 1 saturated heterocycles. The summed E-state index contributed by atoms with van der Waals surface area (Å²) < 4.78 is 28.3. The largest absolute Gasteiger partial charge is 0.369 e. The first-order chi connectivity index (χ1) is 11.0. The predicted octanol–water partition coefficient (Wildman–Crippen LogP) is 0.758. The van der Waals surface area contributed by atoms with Gasteiger partial charge >= 0.3 is 0 Å². The van der Waals surface area contributed by atoms with E-state index in [2.05, 4.69) is 5.10 Å². The lowest BCUT2D eigenvalue weighted by molar-refractivity contribution is -0.122. The molecule has 23 heavy (non-hydrogen) atoms. The van der Waals surface area contributed by atoms with Crippen molar-refractivity contribution >= 4 is 15.9 Å². The Morgan fingerprint density at radius 3 is 2.70 bits per heavy atom. The van der Waals surface area contributed by atoms with Crippen LogP contribution in [-0.2, 0) is 14.8 Å². The van der Waals surface area contributed by atoms with E-state index in [1.807, 2.05) is 30.3 Å². The van der Waals surface area contributed by atoms with Crippen LogP contribution in [0.1, 0.15) is 12.8 Å². The van der Waals surface area contributed by atoms with Gasteiger partial charge in [-0.25, -0.2) is 13.1 Å². The van der Waals surface area contributed by atoms with Crippen LogP contribution in [0.2, 0.25) is 0 Å². The van der Waals surface area contributed by atoms with Crippen molar-refractivity contribution in [2.24, 2.45) is 11.7 Å². The summed E-state index contributed by atoms with van der Waals surface area (Å²) in [6.07, 6.45) is 4.07. The van der Waals surface area contributed by atoms with Gasteiger partial charge in [0, 0.05) is 13.1 Å². The van der Waals surface area contributed by atoms with Crippen molar-refractivity contribution < 1.29 is 13.2 Å². The molecular weight excluding hydrogens is 316 g/mol. The number of piperidine rings is 1. The second kappa shape index (κ2) is 6.13. The number of benzene rings is 1. The Morgan fingerprint density at radius 1 is 1.26 bits per heavy atom.